The summed E-state index contributed by atoms with van der Waals surface area (Å²) in [7, 11) is 1.42. The first-order valence-electron chi connectivity index (χ1n) is 10.9. The van der Waals surface area contributed by atoms with Gasteiger partial charge in [0, 0.05) is 29.7 Å². The number of fused-ring (bicyclic) bond motifs is 1. The predicted molar refractivity (Wildman–Crippen MR) is 129 cm³/mol. The van der Waals surface area contributed by atoms with Gasteiger partial charge in [0.15, 0.2) is 0 Å². The Morgan fingerprint density at radius 1 is 1.21 bits per heavy atom. The fraction of sp³-hybridized carbons (Fsp3) is 0.280. The molecule has 0 amide bonds. The van der Waals surface area contributed by atoms with Gasteiger partial charge in [0.05, 0.1) is 34.9 Å². The van der Waals surface area contributed by atoms with Gasteiger partial charge in [-0.05, 0) is 54.8 Å². The van der Waals surface area contributed by atoms with Crippen LogP contribution in [0.5, 0.6) is 11.8 Å². The van der Waals surface area contributed by atoms with E-state index in [0.717, 1.165) is 42.7 Å². The quantitative estimate of drug-likeness (QED) is 0.352. The van der Waals surface area contributed by atoms with Gasteiger partial charge >= 0.3 is 0 Å². The van der Waals surface area contributed by atoms with Gasteiger partial charge in [-0.3, -0.25) is 4.79 Å². The Kier molecular flexibility index (Phi) is 5.50. The van der Waals surface area contributed by atoms with Crippen molar-refractivity contribution in [3.63, 3.8) is 0 Å². The van der Waals surface area contributed by atoms with Gasteiger partial charge in [-0.25, -0.2) is 0 Å². The van der Waals surface area contributed by atoms with Crippen LogP contribution in [0.25, 0.3) is 22.0 Å². The highest BCUT2D eigenvalue weighted by molar-refractivity contribution is 6.34. The third kappa shape index (κ3) is 3.99. The van der Waals surface area contributed by atoms with Crippen LogP contribution in [0.4, 0.5) is 5.69 Å². The molecule has 34 heavy (non-hydrogen) atoms. The number of nitrogens with one attached hydrogen (secondary N) is 1. The first kappa shape index (κ1) is 22.3. The third-order valence-electron chi connectivity index (χ3n) is 6.40. The van der Waals surface area contributed by atoms with Crippen molar-refractivity contribution < 1.29 is 24.3 Å². The van der Waals surface area contributed by atoms with Gasteiger partial charge in [0.25, 0.3) is 5.88 Å². The summed E-state index contributed by atoms with van der Waals surface area (Å²) >= 11 is 6.57. The molecule has 2 aromatic heterocycles. The number of ketones is 1. The fourth-order valence-electron chi connectivity index (χ4n) is 4.34. The van der Waals surface area contributed by atoms with Gasteiger partial charge in [-0.2, -0.15) is 0 Å². The molecule has 0 aliphatic carbocycles. The molecule has 3 heterocycles. The molecule has 0 atom stereocenters. The van der Waals surface area contributed by atoms with E-state index in [1.807, 2.05) is 31.2 Å². The Balaban J connectivity index is 1.49. The zero-order valence-electron chi connectivity index (χ0n) is 18.8. The zero-order valence-corrected chi connectivity index (χ0v) is 19.5. The molecule has 8 nitrogen and oxygen atoms in total. The van der Waals surface area contributed by atoms with E-state index in [0.29, 0.717) is 15.9 Å². The monoisotopic (exact) mass is 481 g/mol. The zero-order chi connectivity index (χ0) is 24.0. The van der Waals surface area contributed by atoms with Crippen LogP contribution < -0.4 is 9.64 Å². The Bertz CT molecular complexity index is 1360. The summed E-state index contributed by atoms with van der Waals surface area (Å²) in [6.45, 7) is 3.46. The van der Waals surface area contributed by atoms with E-state index < -0.39 is 11.4 Å². The van der Waals surface area contributed by atoms with Crippen molar-refractivity contribution in [2.24, 2.45) is 0 Å². The minimum Gasteiger partial charge on any atom is -0.494 e. The number of methoxy groups -OCH3 is 1. The molecule has 176 valence electrons. The maximum absolute atomic E-state index is 13.0. The van der Waals surface area contributed by atoms with Crippen molar-refractivity contribution in [3.05, 3.63) is 58.8 Å². The molecule has 0 unspecified atom stereocenters. The Morgan fingerprint density at radius 3 is 2.56 bits per heavy atom. The molecule has 1 fully saturated rings. The number of piperidine rings is 1. The second-order valence-corrected chi connectivity index (χ2v) is 9.23. The summed E-state index contributed by atoms with van der Waals surface area (Å²) in [5.41, 5.74) is 2.67. The second-order valence-electron chi connectivity index (χ2n) is 8.82. The smallest absolute Gasteiger partial charge is 0.254 e. The molecule has 5 rings (SSSR count). The SMILES string of the molecule is COc1cc(C(=O)c2c(O)[nH]c3cc(Cl)c(-c4ccc(N5CCC(C)(O)CC5)cc4)cc23)on1. The van der Waals surface area contributed by atoms with Crippen LogP contribution in [-0.2, 0) is 0 Å². The highest BCUT2D eigenvalue weighted by Crippen LogP contribution is 2.38. The lowest BCUT2D eigenvalue weighted by molar-refractivity contribution is 0.0351. The number of aliphatic hydroxyl groups is 1. The maximum atomic E-state index is 13.0. The normalized spacial score (nSPS) is 15.6. The number of nitrogens with zero attached hydrogens (tertiary/aromatic N) is 2. The molecule has 2 aromatic carbocycles. The number of carbonyl (C=O) groups excluding carboxylic acids is 1. The molecule has 0 spiro atoms. The van der Waals surface area contributed by atoms with Crippen LogP contribution in [0.15, 0.2) is 47.0 Å². The first-order chi connectivity index (χ1) is 16.3. The number of halogens is 1. The minimum absolute atomic E-state index is 0.0468. The van der Waals surface area contributed by atoms with E-state index in [9.17, 15) is 15.0 Å². The average molecular weight is 482 g/mol. The van der Waals surface area contributed by atoms with Crippen molar-refractivity contribution in [2.75, 3.05) is 25.1 Å². The lowest BCUT2D eigenvalue weighted by Crippen LogP contribution is -2.42. The number of aromatic nitrogens is 2. The molecule has 1 aliphatic rings. The van der Waals surface area contributed by atoms with E-state index >= 15 is 0 Å². The maximum Gasteiger partial charge on any atom is 0.254 e. The number of hydrogen-bond acceptors (Lipinski definition) is 7. The van der Waals surface area contributed by atoms with Gasteiger partial charge in [-0.15, -0.1) is 0 Å². The number of benzene rings is 2. The number of rotatable bonds is 5. The summed E-state index contributed by atoms with van der Waals surface area (Å²) in [6.07, 6.45) is 1.45. The Morgan fingerprint density at radius 2 is 1.91 bits per heavy atom. The number of aromatic hydroxyl groups is 1. The van der Waals surface area contributed by atoms with Crippen LogP contribution >= 0.6 is 11.6 Å². The molecule has 0 bridgehead atoms. The van der Waals surface area contributed by atoms with E-state index in [1.54, 1.807) is 12.1 Å². The summed E-state index contributed by atoms with van der Waals surface area (Å²) in [5, 5.41) is 25.3. The summed E-state index contributed by atoms with van der Waals surface area (Å²) < 4.78 is 10.0. The van der Waals surface area contributed by atoms with Crippen LogP contribution in [0.1, 0.15) is 35.9 Å². The number of ether oxygens (including phenoxy) is 1. The predicted octanol–water partition coefficient (Wildman–Crippen LogP) is 4.77. The van der Waals surface area contributed by atoms with Gasteiger partial charge in [0.2, 0.25) is 17.4 Å². The first-order valence-corrected chi connectivity index (χ1v) is 11.3. The number of hydrogen-bond donors (Lipinski definition) is 3. The molecule has 0 saturated carbocycles. The molecular weight excluding hydrogens is 458 g/mol. The molecule has 1 saturated heterocycles. The van der Waals surface area contributed by atoms with Crippen molar-refractivity contribution >= 4 is 34.0 Å². The molecule has 3 N–H and O–H groups in total. The van der Waals surface area contributed by atoms with E-state index in [-0.39, 0.29) is 23.1 Å². The van der Waals surface area contributed by atoms with Gasteiger partial charge in [-0.1, -0.05) is 23.7 Å². The summed E-state index contributed by atoms with van der Waals surface area (Å²) in [4.78, 5) is 18.1. The average Bonchev–Trinajstić information content (AvgIpc) is 3.42. The van der Waals surface area contributed by atoms with Crippen molar-refractivity contribution in [3.8, 4) is 22.9 Å². The molecule has 1 aliphatic heterocycles. The number of aromatic amines is 1. The fourth-order valence-corrected chi connectivity index (χ4v) is 4.61. The van der Waals surface area contributed by atoms with E-state index in [2.05, 4.69) is 15.0 Å². The van der Waals surface area contributed by atoms with Gasteiger partial charge < -0.3 is 29.4 Å². The van der Waals surface area contributed by atoms with Crippen molar-refractivity contribution in [2.45, 2.75) is 25.4 Å². The van der Waals surface area contributed by atoms with Crippen LogP contribution in [-0.4, -0.2) is 51.9 Å². The minimum atomic E-state index is -0.604. The Hall–Kier alpha value is -3.49. The largest absolute Gasteiger partial charge is 0.494 e. The van der Waals surface area contributed by atoms with Crippen molar-refractivity contribution in [1.82, 2.24) is 10.1 Å². The number of carbonyl (C=O) groups is 1. The lowest BCUT2D eigenvalue weighted by Gasteiger charge is -2.37. The topological polar surface area (TPSA) is 112 Å². The molecule has 0 radical (unpaired) electrons. The standard InChI is InChI=1S/C25H24ClN3O5/c1-25(32)7-9-29(10-8-25)15-5-3-14(4-6-15)16-11-17-19(12-18(16)26)27-24(31)22(17)23(30)20-13-21(33-2)28-34-20/h3-6,11-13,27,31-32H,7-10H2,1-2H3. The summed E-state index contributed by atoms with van der Waals surface area (Å²) in [5.74, 6) is -0.678. The summed E-state index contributed by atoms with van der Waals surface area (Å²) in [6, 6.07) is 12.8. The van der Waals surface area contributed by atoms with Crippen LogP contribution in [0, 0.1) is 0 Å². The highest BCUT2D eigenvalue weighted by Gasteiger charge is 2.28. The number of anilines is 1. The molecule has 9 heteroatoms. The lowest BCUT2D eigenvalue weighted by atomic mass is 9.93. The second kappa shape index (κ2) is 8.38. The van der Waals surface area contributed by atoms with E-state index in [1.165, 1.54) is 13.2 Å². The molecular formula is C25H24ClN3O5. The van der Waals surface area contributed by atoms with Gasteiger partial charge in [0.1, 0.15) is 0 Å². The van der Waals surface area contributed by atoms with Crippen LogP contribution in [0.2, 0.25) is 5.02 Å². The molecule has 4 aromatic rings. The Labute approximate surface area is 200 Å². The number of H-pyrrole nitrogens is 1. The van der Waals surface area contributed by atoms with Crippen LogP contribution in [0.3, 0.4) is 0 Å². The van der Waals surface area contributed by atoms with Crippen molar-refractivity contribution in [1.29, 1.82) is 0 Å². The highest BCUT2D eigenvalue weighted by atomic mass is 35.5. The third-order valence-corrected chi connectivity index (χ3v) is 6.71. The van der Waals surface area contributed by atoms with E-state index in [4.69, 9.17) is 20.9 Å².